The number of alkyl halides is 3. The van der Waals surface area contributed by atoms with Crippen LogP contribution in [-0.4, -0.2) is 41.1 Å². The number of amides is 1. The number of hydrogen-bond donors (Lipinski definition) is 1. The third-order valence-corrected chi connectivity index (χ3v) is 4.06. The summed E-state index contributed by atoms with van der Waals surface area (Å²) in [6.45, 7) is 0.618. The van der Waals surface area contributed by atoms with E-state index in [0.29, 0.717) is 31.5 Å². The zero-order valence-electron chi connectivity index (χ0n) is 12.5. The topological polar surface area (TPSA) is 57.6 Å². The van der Waals surface area contributed by atoms with Crippen molar-refractivity contribution >= 4 is 11.9 Å². The van der Waals surface area contributed by atoms with Crippen LogP contribution in [0.5, 0.6) is 0 Å². The van der Waals surface area contributed by atoms with Gasteiger partial charge in [0.05, 0.1) is 5.92 Å². The second kappa shape index (κ2) is 7.02. The highest BCUT2D eigenvalue weighted by Crippen LogP contribution is 2.25. The lowest BCUT2D eigenvalue weighted by Gasteiger charge is -2.30. The fourth-order valence-corrected chi connectivity index (χ4v) is 2.72. The Morgan fingerprint density at radius 1 is 1.17 bits per heavy atom. The first kappa shape index (κ1) is 17.3. The van der Waals surface area contributed by atoms with Gasteiger partial charge in [-0.1, -0.05) is 18.2 Å². The lowest BCUT2D eigenvalue weighted by atomic mass is 9.95. The molecule has 1 aliphatic heterocycles. The monoisotopic (exact) mass is 329 g/mol. The average Bonchev–Trinajstić information content (AvgIpc) is 2.52. The largest absolute Gasteiger partial charge is 0.481 e. The van der Waals surface area contributed by atoms with E-state index >= 15 is 0 Å². The van der Waals surface area contributed by atoms with E-state index in [1.54, 1.807) is 12.1 Å². The zero-order chi connectivity index (χ0) is 17.0. The summed E-state index contributed by atoms with van der Waals surface area (Å²) in [7, 11) is 0. The molecule has 1 aromatic carbocycles. The number of hydrogen-bond acceptors (Lipinski definition) is 2. The Bertz CT molecular complexity index is 578. The summed E-state index contributed by atoms with van der Waals surface area (Å²) in [5.41, 5.74) is 0.640. The fraction of sp³-hybridized carbons (Fsp3) is 0.500. The van der Waals surface area contributed by atoms with Crippen molar-refractivity contribution in [1.29, 1.82) is 0 Å². The van der Waals surface area contributed by atoms with Crippen LogP contribution >= 0.6 is 0 Å². The molecule has 7 heteroatoms. The first-order valence-corrected chi connectivity index (χ1v) is 7.44. The molecule has 0 atom stereocenters. The number of aliphatic carboxylic acids is 1. The molecule has 0 saturated carbocycles. The van der Waals surface area contributed by atoms with Crippen LogP contribution in [0.4, 0.5) is 13.2 Å². The Morgan fingerprint density at radius 3 is 2.35 bits per heavy atom. The lowest BCUT2D eigenvalue weighted by Crippen LogP contribution is -2.40. The predicted molar refractivity (Wildman–Crippen MR) is 77.1 cm³/mol. The molecule has 0 aliphatic carbocycles. The first-order chi connectivity index (χ1) is 10.8. The van der Waals surface area contributed by atoms with Gasteiger partial charge in [-0.25, -0.2) is 0 Å². The van der Waals surface area contributed by atoms with Crippen LogP contribution in [0, 0.1) is 5.92 Å². The minimum atomic E-state index is -4.27. The Morgan fingerprint density at radius 2 is 1.78 bits per heavy atom. The van der Waals surface area contributed by atoms with Crippen LogP contribution in [0.3, 0.4) is 0 Å². The van der Waals surface area contributed by atoms with E-state index in [0.717, 1.165) is 0 Å². The summed E-state index contributed by atoms with van der Waals surface area (Å²) in [5, 5.41) is 8.96. The van der Waals surface area contributed by atoms with Crippen LogP contribution < -0.4 is 0 Å². The molecule has 0 aromatic heterocycles. The molecule has 1 aromatic rings. The number of aryl methyl sites for hydroxylation is 1. The Hall–Kier alpha value is -2.05. The molecule has 1 aliphatic rings. The first-order valence-electron chi connectivity index (χ1n) is 7.44. The summed E-state index contributed by atoms with van der Waals surface area (Å²) < 4.78 is 37.2. The van der Waals surface area contributed by atoms with Crippen LogP contribution in [0.25, 0.3) is 0 Å². The number of benzene rings is 1. The highest BCUT2D eigenvalue weighted by molar-refractivity contribution is 5.95. The van der Waals surface area contributed by atoms with Crippen molar-refractivity contribution in [3.63, 3.8) is 0 Å². The molecule has 0 unspecified atom stereocenters. The number of carboxylic acid groups (broad SMARTS) is 1. The molecule has 2 rings (SSSR count). The summed E-state index contributed by atoms with van der Waals surface area (Å²) in [6, 6.07) is 6.29. The van der Waals surface area contributed by atoms with Crippen molar-refractivity contribution in [3.05, 3.63) is 35.4 Å². The SMILES string of the molecule is O=C(O)C1CCN(C(=O)c2ccccc2CCC(F)(F)F)CC1. The number of likely N-dealkylation sites (tertiary alicyclic amines) is 1. The maximum Gasteiger partial charge on any atom is 0.389 e. The normalized spacial score (nSPS) is 16.4. The van der Waals surface area contributed by atoms with Gasteiger partial charge in [-0.05, 0) is 30.9 Å². The van der Waals surface area contributed by atoms with Gasteiger partial charge < -0.3 is 10.0 Å². The number of carbonyl (C=O) groups is 2. The van der Waals surface area contributed by atoms with E-state index in [-0.39, 0.29) is 17.9 Å². The highest BCUT2D eigenvalue weighted by atomic mass is 19.4. The van der Waals surface area contributed by atoms with Gasteiger partial charge in [-0.3, -0.25) is 9.59 Å². The number of nitrogens with zero attached hydrogens (tertiary/aromatic N) is 1. The van der Waals surface area contributed by atoms with Crippen LogP contribution in [0.1, 0.15) is 35.2 Å². The van der Waals surface area contributed by atoms with Crippen molar-refractivity contribution in [2.24, 2.45) is 5.92 Å². The summed E-state index contributed by atoms with van der Waals surface area (Å²) in [6.07, 6.45) is -4.75. The molecular weight excluding hydrogens is 311 g/mol. The number of halogens is 3. The van der Waals surface area contributed by atoms with Crippen molar-refractivity contribution in [2.45, 2.75) is 31.9 Å². The van der Waals surface area contributed by atoms with Gasteiger partial charge in [0, 0.05) is 25.1 Å². The molecule has 1 N–H and O–H groups in total. The zero-order valence-corrected chi connectivity index (χ0v) is 12.5. The van der Waals surface area contributed by atoms with Gasteiger partial charge in [0.2, 0.25) is 0 Å². The third-order valence-electron chi connectivity index (χ3n) is 4.06. The minimum absolute atomic E-state index is 0.239. The Labute approximate surface area is 131 Å². The van der Waals surface area contributed by atoms with Crippen molar-refractivity contribution in [1.82, 2.24) is 4.90 Å². The number of carboxylic acids is 1. The van der Waals surface area contributed by atoms with Crippen LogP contribution in [0.2, 0.25) is 0 Å². The Balaban J connectivity index is 2.06. The Kier molecular flexibility index (Phi) is 5.28. The molecule has 23 heavy (non-hydrogen) atoms. The highest BCUT2D eigenvalue weighted by Gasteiger charge is 2.30. The van der Waals surface area contributed by atoms with E-state index in [9.17, 15) is 22.8 Å². The molecule has 0 spiro atoms. The van der Waals surface area contributed by atoms with Crippen molar-refractivity contribution < 1.29 is 27.9 Å². The maximum atomic E-state index is 12.5. The minimum Gasteiger partial charge on any atom is -0.481 e. The maximum absolute atomic E-state index is 12.5. The van der Waals surface area contributed by atoms with Gasteiger partial charge >= 0.3 is 12.1 Å². The third kappa shape index (κ3) is 4.71. The summed E-state index contributed by atoms with van der Waals surface area (Å²) in [4.78, 5) is 25.0. The second-order valence-electron chi connectivity index (χ2n) is 5.68. The van der Waals surface area contributed by atoms with Gasteiger partial charge in [-0.2, -0.15) is 13.2 Å². The lowest BCUT2D eigenvalue weighted by molar-refractivity contribution is -0.143. The van der Waals surface area contributed by atoms with Crippen molar-refractivity contribution in [2.75, 3.05) is 13.1 Å². The van der Waals surface area contributed by atoms with Gasteiger partial charge in [0.1, 0.15) is 0 Å². The summed E-state index contributed by atoms with van der Waals surface area (Å²) >= 11 is 0. The van der Waals surface area contributed by atoms with Crippen LogP contribution in [0.15, 0.2) is 24.3 Å². The molecule has 0 bridgehead atoms. The molecule has 1 heterocycles. The molecule has 0 radical (unpaired) electrons. The molecule has 1 fully saturated rings. The van der Waals surface area contributed by atoms with Gasteiger partial charge in [-0.15, -0.1) is 0 Å². The van der Waals surface area contributed by atoms with Crippen LogP contribution in [-0.2, 0) is 11.2 Å². The number of carbonyl (C=O) groups excluding carboxylic acids is 1. The van der Waals surface area contributed by atoms with E-state index in [4.69, 9.17) is 5.11 Å². The van der Waals surface area contributed by atoms with E-state index < -0.39 is 24.5 Å². The van der Waals surface area contributed by atoms with Gasteiger partial charge in [0.25, 0.3) is 5.91 Å². The second-order valence-corrected chi connectivity index (χ2v) is 5.68. The quantitative estimate of drug-likeness (QED) is 0.923. The molecule has 126 valence electrons. The number of rotatable bonds is 4. The number of piperidine rings is 1. The molecule has 4 nitrogen and oxygen atoms in total. The van der Waals surface area contributed by atoms with E-state index in [1.165, 1.54) is 17.0 Å². The standard InChI is InChI=1S/C16H18F3NO3/c17-16(18,19)8-5-11-3-1-2-4-13(11)14(21)20-9-6-12(7-10-20)15(22)23/h1-4,12H,5-10H2,(H,22,23). The molecule has 1 saturated heterocycles. The van der Waals surface area contributed by atoms with E-state index in [1.807, 2.05) is 0 Å². The van der Waals surface area contributed by atoms with E-state index in [2.05, 4.69) is 0 Å². The predicted octanol–water partition coefficient (Wildman–Crippen LogP) is 3.12. The van der Waals surface area contributed by atoms with Crippen molar-refractivity contribution in [3.8, 4) is 0 Å². The van der Waals surface area contributed by atoms with Gasteiger partial charge in [0.15, 0.2) is 0 Å². The molecule has 1 amide bonds. The smallest absolute Gasteiger partial charge is 0.389 e. The average molecular weight is 329 g/mol. The summed E-state index contributed by atoms with van der Waals surface area (Å²) in [5.74, 6) is -1.66. The fourth-order valence-electron chi connectivity index (χ4n) is 2.72. The molecular formula is C16H18F3NO3.